The smallest absolute Gasteiger partial charge is 0.154 e. The van der Waals surface area contributed by atoms with Crippen molar-refractivity contribution in [3.8, 4) is 0 Å². The molecule has 0 fully saturated rings. The third kappa shape index (κ3) is 18.0. The first-order valence-corrected chi connectivity index (χ1v) is 10.00. The Bertz CT molecular complexity index is 232. The quantitative estimate of drug-likeness (QED) is 0.303. The van der Waals surface area contributed by atoms with Crippen molar-refractivity contribution < 1.29 is 14.2 Å². The molecule has 140 valence electrons. The Labute approximate surface area is 144 Å². The van der Waals surface area contributed by atoms with Crippen LogP contribution in [0.4, 0.5) is 4.39 Å². The van der Waals surface area contributed by atoms with Crippen molar-refractivity contribution in [2.45, 2.75) is 109 Å². The second-order valence-corrected chi connectivity index (χ2v) is 7.22. The summed E-state index contributed by atoms with van der Waals surface area (Å²) in [5, 5.41) is 8.76. The summed E-state index contributed by atoms with van der Waals surface area (Å²) in [7, 11) is 0. The number of aliphatic hydroxyl groups is 1. The topological polar surface area (TPSA) is 29.5 Å². The summed E-state index contributed by atoms with van der Waals surface area (Å²) in [5.41, 5.74) is -1.59. The molecule has 0 bridgehead atoms. The molecule has 0 aromatic carbocycles. The SMILES string of the molecule is CCCCCCCCCCCCCCCCOC[C@](C)(F)CO. The number of ether oxygens (including phenoxy) is 1. The molecular weight excluding hydrogens is 291 g/mol. The van der Waals surface area contributed by atoms with Crippen molar-refractivity contribution >= 4 is 0 Å². The molecule has 0 spiro atoms. The lowest BCUT2D eigenvalue weighted by molar-refractivity contribution is -0.00941. The van der Waals surface area contributed by atoms with Gasteiger partial charge in [0.25, 0.3) is 0 Å². The van der Waals surface area contributed by atoms with E-state index in [1.54, 1.807) is 0 Å². The third-order valence-electron chi connectivity index (χ3n) is 4.37. The summed E-state index contributed by atoms with van der Waals surface area (Å²) < 4.78 is 18.6. The molecule has 0 aromatic heterocycles. The van der Waals surface area contributed by atoms with Gasteiger partial charge >= 0.3 is 0 Å². The highest BCUT2D eigenvalue weighted by molar-refractivity contribution is 4.70. The molecule has 3 heteroatoms. The van der Waals surface area contributed by atoms with Gasteiger partial charge in [-0.2, -0.15) is 0 Å². The maximum absolute atomic E-state index is 13.3. The lowest BCUT2D eigenvalue weighted by atomic mass is 10.0. The first-order chi connectivity index (χ1) is 11.1. The van der Waals surface area contributed by atoms with E-state index in [4.69, 9.17) is 9.84 Å². The van der Waals surface area contributed by atoms with E-state index in [9.17, 15) is 4.39 Å². The fourth-order valence-corrected chi connectivity index (χ4v) is 2.73. The van der Waals surface area contributed by atoms with Gasteiger partial charge in [-0.15, -0.1) is 0 Å². The van der Waals surface area contributed by atoms with Crippen molar-refractivity contribution in [2.24, 2.45) is 0 Å². The molecule has 23 heavy (non-hydrogen) atoms. The highest BCUT2D eigenvalue weighted by atomic mass is 19.1. The van der Waals surface area contributed by atoms with Gasteiger partial charge in [-0.25, -0.2) is 4.39 Å². The predicted octanol–water partition coefficient (Wildman–Crippen LogP) is 6.20. The molecule has 0 amide bonds. The molecule has 2 nitrogen and oxygen atoms in total. The molecule has 0 aromatic rings. The maximum atomic E-state index is 13.3. The van der Waals surface area contributed by atoms with Crippen molar-refractivity contribution in [1.82, 2.24) is 0 Å². The zero-order valence-electron chi connectivity index (χ0n) is 15.8. The Morgan fingerprint density at radius 3 is 1.52 bits per heavy atom. The van der Waals surface area contributed by atoms with Gasteiger partial charge in [0.1, 0.15) is 0 Å². The van der Waals surface area contributed by atoms with E-state index in [1.807, 2.05) is 0 Å². The number of hydrogen-bond acceptors (Lipinski definition) is 2. The minimum Gasteiger partial charge on any atom is -0.393 e. The van der Waals surface area contributed by atoms with E-state index in [1.165, 1.54) is 90.4 Å². The summed E-state index contributed by atoms with van der Waals surface area (Å²) in [6, 6.07) is 0. The number of rotatable bonds is 18. The second-order valence-electron chi connectivity index (χ2n) is 7.22. The summed E-state index contributed by atoms with van der Waals surface area (Å²) in [6.45, 7) is 3.79. The minimum absolute atomic E-state index is 0.00193. The van der Waals surface area contributed by atoms with Crippen LogP contribution < -0.4 is 0 Å². The van der Waals surface area contributed by atoms with Crippen LogP contribution in [0.3, 0.4) is 0 Å². The maximum Gasteiger partial charge on any atom is 0.154 e. The van der Waals surface area contributed by atoms with E-state index >= 15 is 0 Å². The van der Waals surface area contributed by atoms with Gasteiger partial charge in [-0.3, -0.25) is 0 Å². The Morgan fingerprint density at radius 2 is 1.13 bits per heavy atom. The molecular formula is C20H41FO2. The molecule has 1 atom stereocenters. The Kier molecular flexibility index (Phi) is 16.6. The summed E-state index contributed by atoms with van der Waals surface area (Å²) in [4.78, 5) is 0. The van der Waals surface area contributed by atoms with Gasteiger partial charge in [0.05, 0.1) is 13.2 Å². The first kappa shape index (κ1) is 22.9. The lowest BCUT2D eigenvalue weighted by Gasteiger charge is -2.16. The van der Waals surface area contributed by atoms with E-state index in [-0.39, 0.29) is 6.61 Å². The number of halogens is 1. The van der Waals surface area contributed by atoms with Gasteiger partial charge in [0.2, 0.25) is 0 Å². The van der Waals surface area contributed by atoms with Crippen LogP contribution in [0.2, 0.25) is 0 Å². The van der Waals surface area contributed by atoms with Crippen LogP contribution >= 0.6 is 0 Å². The van der Waals surface area contributed by atoms with Crippen molar-refractivity contribution in [1.29, 1.82) is 0 Å². The molecule has 0 rings (SSSR count). The van der Waals surface area contributed by atoms with Crippen molar-refractivity contribution in [3.63, 3.8) is 0 Å². The molecule has 1 N–H and O–H groups in total. The van der Waals surface area contributed by atoms with Crippen LogP contribution in [-0.4, -0.2) is 30.6 Å². The van der Waals surface area contributed by atoms with Gasteiger partial charge in [0.15, 0.2) is 5.67 Å². The minimum atomic E-state index is -1.59. The van der Waals surface area contributed by atoms with Crippen LogP contribution in [-0.2, 0) is 4.74 Å². The average Bonchev–Trinajstić information content (AvgIpc) is 2.54. The normalized spacial score (nSPS) is 14.1. The number of alkyl halides is 1. The van der Waals surface area contributed by atoms with Gasteiger partial charge in [-0.1, -0.05) is 90.4 Å². The number of unbranched alkanes of at least 4 members (excludes halogenated alkanes) is 13. The van der Waals surface area contributed by atoms with Crippen LogP contribution in [0.1, 0.15) is 104 Å². The van der Waals surface area contributed by atoms with Crippen molar-refractivity contribution in [2.75, 3.05) is 19.8 Å². The Balaban J connectivity index is 3.05. The average molecular weight is 333 g/mol. The standard InChI is InChI=1S/C20H41FO2/c1-3-4-5-6-7-8-9-10-11-12-13-14-15-16-17-23-19-20(2,21)18-22/h22H,3-19H2,1-2H3/t20-/m1/s1. The van der Waals surface area contributed by atoms with Gasteiger partial charge in [-0.05, 0) is 13.3 Å². The molecule has 0 aliphatic heterocycles. The molecule has 0 unspecified atom stereocenters. The fraction of sp³-hybridized carbons (Fsp3) is 1.00. The fourth-order valence-electron chi connectivity index (χ4n) is 2.73. The third-order valence-corrected chi connectivity index (χ3v) is 4.37. The zero-order valence-corrected chi connectivity index (χ0v) is 15.8. The summed E-state index contributed by atoms with van der Waals surface area (Å²) >= 11 is 0. The Hall–Kier alpha value is -0.150. The first-order valence-electron chi connectivity index (χ1n) is 10.00. The predicted molar refractivity (Wildman–Crippen MR) is 97.7 cm³/mol. The van der Waals surface area contributed by atoms with Crippen LogP contribution in [0.25, 0.3) is 0 Å². The molecule has 0 saturated carbocycles. The van der Waals surface area contributed by atoms with Gasteiger partial charge < -0.3 is 9.84 Å². The highest BCUT2D eigenvalue weighted by Gasteiger charge is 2.21. The van der Waals surface area contributed by atoms with E-state index in [0.29, 0.717) is 6.61 Å². The van der Waals surface area contributed by atoms with Gasteiger partial charge in [0, 0.05) is 6.61 Å². The number of hydrogen-bond donors (Lipinski definition) is 1. The molecule has 0 saturated heterocycles. The molecule has 0 aliphatic rings. The summed E-state index contributed by atoms with van der Waals surface area (Å²) in [6.07, 6.45) is 18.7. The largest absolute Gasteiger partial charge is 0.393 e. The molecule has 0 aliphatic carbocycles. The van der Waals surface area contributed by atoms with E-state index in [0.717, 1.165) is 6.42 Å². The Morgan fingerprint density at radius 1 is 0.739 bits per heavy atom. The van der Waals surface area contributed by atoms with Crippen LogP contribution in [0, 0.1) is 0 Å². The van der Waals surface area contributed by atoms with Crippen molar-refractivity contribution in [3.05, 3.63) is 0 Å². The lowest BCUT2D eigenvalue weighted by Crippen LogP contribution is -2.29. The monoisotopic (exact) mass is 332 g/mol. The zero-order chi connectivity index (χ0) is 17.2. The van der Waals surface area contributed by atoms with Crippen LogP contribution in [0.5, 0.6) is 0 Å². The molecule has 0 heterocycles. The summed E-state index contributed by atoms with van der Waals surface area (Å²) in [5.74, 6) is 0. The van der Waals surface area contributed by atoms with E-state index in [2.05, 4.69) is 6.92 Å². The molecule has 0 radical (unpaired) electrons. The van der Waals surface area contributed by atoms with E-state index < -0.39 is 12.3 Å². The highest BCUT2D eigenvalue weighted by Crippen LogP contribution is 2.13. The number of aliphatic hydroxyl groups excluding tert-OH is 1. The second kappa shape index (κ2) is 16.7. The van der Waals surface area contributed by atoms with Crippen LogP contribution in [0.15, 0.2) is 0 Å².